The molecule has 0 aromatic heterocycles. The fraction of sp³-hybridized carbons (Fsp3) is 0.300. The highest BCUT2D eigenvalue weighted by Gasteiger charge is 2.31. The maximum absolute atomic E-state index is 12.9. The Labute approximate surface area is 155 Å². The molecule has 4 nitrogen and oxygen atoms in total. The summed E-state index contributed by atoms with van der Waals surface area (Å²) in [5.74, 6) is -1.40. The Morgan fingerprint density at radius 3 is 2.41 bits per heavy atom. The van der Waals surface area contributed by atoms with E-state index < -0.39 is 23.6 Å². The first-order valence-corrected chi connectivity index (χ1v) is 8.45. The van der Waals surface area contributed by atoms with E-state index >= 15 is 0 Å². The number of nitrogens with zero attached hydrogens (tertiary/aromatic N) is 1. The number of carbonyl (C=O) groups is 2. The lowest BCUT2D eigenvalue weighted by molar-refractivity contribution is -0.138. The third-order valence-electron chi connectivity index (χ3n) is 4.18. The first kappa shape index (κ1) is 20.5. The molecular formula is C20H20F3NO3. The molecule has 1 N–H and O–H groups in total. The molecule has 2 aromatic rings. The van der Waals surface area contributed by atoms with E-state index in [1.807, 2.05) is 6.07 Å². The normalized spacial score (nSPS) is 11.3. The summed E-state index contributed by atoms with van der Waals surface area (Å²) in [6.07, 6.45) is -2.73. The fourth-order valence-corrected chi connectivity index (χ4v) is 2.77. The van der Waals surface area contributed by atoms with Crippen molar-refractivity contribution in [3.05, 3.63) is 65.2 Å². The molecule has 0 aliphatic heterocycles. The number of unbranched alkanes of at least 4 members (excludes halogenated alkanes) is 1. The Morgan fingerprint density at radius 1 is 1.04 bits per heavy atom. The zero-order chi connectivity index (χ0) is 20.0. The molecule has 0 radical (unpaired) electrons. The Balaban J connectivity index is 2.18. The van der Waals surface area contributed by atoms with Crippen LogP contribution in [0.25, 0.3) is 0 Å². The van der Waals surface area contributed by atoms with Gasteiger partial charge >= 0.3 is 12.1 Å². The quantitative estimate of drug-likeness (QED) is 0.705. The van der Waals surface area contributed by atoms with Gasteiger partial charge < -0.3 is 10.0 Å². The summed E-state index contributed by atoms with van der Waals surface area (Å²) in [5.41, 5.74) is 0.512. The van der Waals surface area contributed by atoms with Gasteiger partial charge in [0.15, 0.2) is 0 Å². The van der Waals surface area contributed by atoms with Crippen molar-refractivity contribution in [1.82, 2.24) is 0 Å². The number of aryl methyl sites for hydroxylation is 1. The van der Waals surface area contributed by atoms with Crippen LogP contribution in [0.4, 0.5) is 18.9 Å². The summed E-state index contributed by atoms with van der Waals surface area (Å²) in [5, 5.41) is 8.70. The average molecular weight is 379 g/mol. The second-order valence-electron chi connectivity index (χ2n) is 6.17. The lowest BCUT2D eigenvalue weighted by Crippen LogP contribution is -2.27. The number of carboxylic acids is 1. The standard InChI is InChI=1S/C20H20F3NO3/c1-24(19(27)15-9-6-10-16(13-15)20(21,22)23)17-11-4-2-7-14(17)8-3-5-12-18(25)26/h2,4,6-7,9-11,13H,3,5,8,12H2,1H3,(H,25,26). The zero-order valence-corrected chi connectivity index (χ0v) is 14.8. The van der Waals surface area contributed by atoms with E-state index in [9.17, 15) is 22.8 Å². The van der Waals surface area contributed by atoms with Gasteiger partial charge in [0, 0.05) is 24.7 Å². The van der Waals surface area contributed by atoms with Crippen LogP contribution >= 0.6 is 0 Å². The van der Waals surface area contributed by atoms with Crippen molar-refractivity contribution < 1.29 is 27.9 Å². The summed E-state index contributed by atoms with van der Waals surface area (Å²) in [7, 11) is 1.51. The van der Waals surface area contributed by atoms with Crippen LogP contribution in [0.5, 0.6) is 0 Å². The highest BCUT2D eigenvalue weighted by Crippen LogP contribution is 2.30. The van der Waals surface area contributed by atoms with Crippen LogP contribution in [0.2, 0.25) is 0 Å². The van der Waals surface area contributed by atoms with Gasteiger partial charge in [-0.15, -0.1) is 0 Å². The third kappa shape index (κ3) is 5.57. The highest BCUT2D eigenvalue weighted by molar-refractivity contribution is 6.06. The molecule has 0 bridgehead atoms. The summed E-state index contributed by atoms with van der Waals surface area (Å²) in [6.45, 7) is 0. The third-order valence-corrected chi connectivity index (χ3v) is 4.18. The molecule has 27 heavy (non-hydrogen) atoms. The van der Waals surface area contributed by atoms with Gasteiger partial charge in [-0.2, -0.15) is 13.2 Å². The molecule has 0 saturated heterocycles. The molecule has 7 heteroatoms. The molecule has 0 aliphatic carbocycles. The minimum absolute atomic E-state index is 0.0481. The average Bonchev–Trinajstić information content (AvgIpc) is 2.63. The number of hydrogen-bond acceptors (Lipinski definition) is 2. The van der Waals surface area contributed by atoms with Crippen LogP contribution in [0.3, 0.4) is 0 Å². The molecule has 0 fully saturated rings. The van der Waals surface area contributed by atoms with Crippen molar-refractivity contribution in [2.45, 2.75) is 31.9 Å². The van der Waals surface area contributed by atoms with Gasteiger partial charge in [0.1, 0.15) is 0 Å². The summed E-state index contributed by atoms with van der Waals surface area (Å²) >= 11 is 0. The summed E-state index contributed by atoms with van der Waals surface area (Å²) in [6, 6.07) is 11.4. The van der Waals surface area contributed by atoms with E-state index in [2.05, 4.69) is 0 Å². The number of benzene rings is 2. The second kappa shape index (κ2) is 8.70. The van der Waals surface area contributed by atoms with Crippen molar-refractivity contribution in [2.24, 2.45) is 0 Å². The van der Waals surface area contributed by atoms with Crippen molar-refractivity contribution in [3.63, 3.8) is 0 Å². The highest BCUT2D eigenvalue weighted by atomic mass is 19.4. The minimum atomic E-state index is -4.52. The van der Waals surface area contributed by atoms with Crippen molar-refractivity contribution >= 4 is 17.6 Å². The number of halogens is 3. The van der Waals surface area contributed by atoms with Crippen LogP contribution in [0.15, 0.2) is 48.5 Å². The Hall–Kier alpha value is -2.83. The van der Waals surface area contributed by atoms with Gasteiger partial charge in [0.2, 0.25) is 0 Å². The summed E-state index contributed by atoms with van der Waals surface area (Å²) < 4.78 is 38.6. The van der Waals surface area contributed by atoms with Crippen LogP contribution < -0.4 is 4.90 Å². The van der Waals surface area contributed by atoms with E-state index in [4.69, 9.17) is 5.11 Å². The molecule has 144 valence electrons. The molecular weight excluding hydrogens is 359 g/mol. The molecule has 0 aliphatic rings. The van der Waals surface area contributed by atoms with Gasteiger partial charge in [-0.3, -0.25) is 9.59 Å². The number of rotatable bonds is 7. The number of amides is 1. The van der Waals surface area contributed by atoms with Gasteiger partial charge in [-0.25, -0.2) is 0 Å². The van der Waals surface area contributed by atoms with Crippen LogP contribution in [-0.4, -0.2) is 24.0 Å². The number of hydrogen-bond donors (Lipinski definition) is 1. The second-order valence-corrected chi connectivity index (χ2v) is 6.17. The van der Waals surface area contributed by atoms with E-state index in [0.717, 1.165) is 17.7 Å². The van der Waals surface area contributed by atoms with E-state index in [-0.39, 0.29) is 12.0 Å². The monoisotopic (exact) mass is 379 g/mol. The number of anilines is 1. The smallest absolute Gasteiger partial charge is 0.416 e. The zero-order valence-electron chi connectivity index (χ0n) is 14.8. The number of aliphatic carboxylic acids is 1. The molecule has 1 amide bonds. The van der Waals surface area contributed by atoms with Crippen molar-refractivity contribution in [1.29, 1.82) is 0 Å². The van der Waals surface area contributed by atoms with E-state index in [1.54, 1.807) is 18.2 Å². The maximum Gasteiger partial charge on any atom is 0.416 e. The van der Waals surface area contributed by atoms with Gasteiger partial charge in [-0.1, -0.05) is 24.3 Å². The minimum Gasteiger partial charge on any atom is -0.481 e. The Kier molecular flexibility index (Phi) is 6.60. The fourth-order valence-electron chi connectivity index (χ4n) is 2.77. The van der Waals surface area contributed by atoms with E-state index in [0.29, 0.717) is 24.9 Å². The molecule has 0 saturated carbocycles. The Morgan fingerprint density at radius 2 is 1.74 bits per heavy atom. The first-order chi connectivity index (χ1) is 12.7. The summed E-state index contributed by atoms with van der Waals surface area (Å²) in [4.78, 5) is 24.6. The molecule has 0 spiro atoms. The van der Waals surface area contributed by atoms with Gasteiger partial charge in [0.25, 0.3) is 5.91 Å². The van der Waals surface area contributed by atoms with Crippen molar-refractivity contribution in [3.8, 4) is 0 Å². The molecule has 2 aromatic carbocycles. The molecule has 0 unspecified atom stereocenters. The topological polar surface area (TPSA) is 57.6 Å². The predicted octanol–water partition coefficient (Wildman–Crippen LogP) is 4.78. The SMILES string of the molecule is CN(C(=O)c1cccc(C(F)(F)F)c1)c1ccccc1CCCCC(=O)O. The van der Waals surface area contributed by atoms with E-state index in [1.165, 1.54) is 24.1 Å². The molecule has 0 heterocycles. The van der Waals surface area contributed by atoms with Crippen LogP contribution in [0, 0.1) is 0 Å². The van der Waals surface area contributed by atoms with Crippen LogP contribution in [0.1, 0.15) is 40.7 Å². The lowest BCUT2D eigenvalue weighted by atomic mass is 10.0. The lowest BCUT2D eigenvalue weighted by Gasteiger charge is -2.21. The number of alkyl halides is 3. The first-order valence-electron chi connectivity index (χ1n) is 8.45. The number of para-hydroxylation sites is 1. The molecule has 0 atom stereocenters. The number of carboxylic acid groups (broad SMARTS) is 1. The Bertz CT molecular complexity index is 818. The van der Waals surface area contributed by atoms with Crippen LogP contribution in [-0.2, 0) is 17.4 Å². The largest absolute Gasteiger partial charge is 0.481 e. The molecule has 2 rings (SSSR count). The van der Waals surface area contributed by atoms with Gasteiger partial charge in [-0.05, 0) is 49.1 Å². The van der Waals surface area contributed by atoms with Crippen molar-refractivity contribution in [2.75, 3.05) is 11.9 Å². The number of carbonyl (C=O) groups excluding carboxylic acids is 1. The van der Waals surface area contributed by atoms with Gasteiger partial charge in [0.05, 0.1) is 5.56 Å². The predicted molar refractivity (Wildman–Crippen MR) is 95.8 cm³/mol. The maximum atomic E-state index is 12.9.